The molecule has 6 nitrogen and oxygen atoms in total. The summed E-state index contributed by atoms with van der Waals surface area (Å²) in [5.41, 5.74) is 1.10. The molecule has 6 heteroatoms. The number of fused-ring (bicyclic) bond motifs is 1. The van der Waals surface area contributed by atoms with Gasteiger partial charge in [0.1, 0.15) is 0 Å². The average molecular weight is 293 g/mol. The number of amides is 1. The van der Waals surface area contributed by atoms with Crippen molar-refractivity contribution in [3.63, 3.8) is 0 Å². The van der Waals surface area contributed by atoms with Crippen molar-refractivity contribution in [2.24, 2.45) is 0 Å². The molecule has 21 heavy (non-hydrogen) atoms. The number of benzene rings is 1. The van der Waals surface area contributed by atoms with Gasteiger partial charge in [0, 0.05) is 20.0 Å². The number of nitrogens with zero attached hydrogens (tertiary/aromatic N) is 1. The van der Waals surface area contributed by atoms with Gasteiger partial charge in [0.15, 0.2) is 11.5 Å². The Morgan fingerprint density at radius 1 is 1.24 bits per heavy atom. The number of rotatable bonds is 7. The van der Waals surface area contributed by atoms with Gasteiger partial charge in [-0.1, -0.05) is 6.07 Å². The molecule has 1 aliphatic heterocycles. The van der Waals surface area contributed by atoms with Crippen molar-refractivity contribution in [1.82, 2.24) is 4.90 Å². The Balaban J connectivity index is 1.73. The Kier molecular flexibility index (Phi) is 5.03. The molecule has 0 saturated heterocycles. The van der Waals surface area contributed by atoms with Gasteiger partial charge in [-0.3, -0.25) is 9.59 Å². The van der Waals surface area contributed by atoms with Crippen molar-refractivity contribution in [1.29, 1.82) is 0 Å². The summed E-state index contributed by atoms with van der Waals surface area (Å²) in [5.74, 6) is 0.577. The van der Waals surface area contributed by atoms with E-state index in [0.29, 0.717) is 6.42 Å². The molecule has 1 N–H and O–H groups in total. The van der Waals surface area contributed by atoms with Crippen LogP contribution in [0.1, 0.15) is 24.8 Å². The first-order valence-electron chi connectivity index (χ1n) is 6.90. The number of aliphatic carboxylic acids is 1. The van der Waals surface area contributed by atoms with Gasteiger partial charge in [0.2, 0.25) is 12.7 Å². The van der Waals surface area contributed by atoms with Crippen molar-refractivity contribution in [3.05, 3.63) is 23.8 Å². The van der Waals surface area contributed by atoms with Gasteiger partial charge in [-0.05, 0) is 30.5 Å². The highest BCUT2D eigenvalue weighted by molar-refractivity contribution is 5.76. The van der Waals surface area contributed by atoms with Gasteiger partial charge in [0.25, 0.3) is 0 Å². The van der Waals surface area contributed by atoms with Crippen molar-refractivity contribution >= 4 is 11.9 Å². The summed E-state index contributed by atoms with van der Waals surface area (Å²) >= 11 is 0. The highest BCUT2D eigenvalue weighted by atomic mass is 16.7. The molecule has 1 aliphatic rings. The van der Waals surface area contributed by atoms with Crippen LogP contribution in [-0.4, -0.2) is 42.3 Å². The van der Waals surface area contributed by atoms with E-state index in [2.05, 4.69) is 0 Å². The minimum atomic E-state index is -0.894. The molecule has 1 heterocycles. The Bertz CT molecular complexity index is 529. The molecular weight excluding hydrogens is 274 g/mol. The second-order valence-electron chi connectivity index (χ2n) is 5.00. The quantitative estimate of drug-likeness (QED) is 0.827. The van der Waals surface area contributed by atoms with Crippen molar-refractivity contribution < 1.29 is 24.2 Å². The van der Waals surface area contributed by atoms with Gasteiger partial charge in [-0.25, -0.2) is 0 Å². The van der Waals surface area contributed by atoms with E-state index in [9.17, 15) is 9.59 Å². The summed E-state index contributed by atoms with van der Waals surface area (Å²) < 4.78 is 10.5. The maximum atomic E-state index is 11.8. The number of ether oxygens (including phenoxy) is 2. The van der Waals surface area contributed by atoms with Crippen LogP contribution in [0.15, 0.2) is 18.2 Å². The number of carboxylic acid groups (broad SMARTS) is 1. The largest absolute Gasteiger partial charge is 0.481 e. The van der Waals surface area contributed by atoms with Gasteiger partial charge in [0.05, 0.1) is 6.42 Å². The van der Waals surface area contributed by atoms with Gasteiger partial charge in [-0.2, -0.15) is 0 Å². The number of carbonyl (C=O) groups excluding carboxylic acids is 1. The summed E-state index contributed by atoms with van der Waals surface area (Å²) in [6, 6.07) is 5.77. The lowest BCUT2D eigenvalue weighted by molar-refractivity contribution is -0.138. The summed E-state index contributed by atoms with van der Waals surface area (Å²) in [5, 5.41) is 8.59. The number of carbonyl (C=O) groups is 2. The molecule has 1 aromatic rings. The van der Waals surface area contributed by atoms with Gasteiger partial charge >= 0.3 is 5.97 Å². The Morgan fingerprint density at radius 2 is 2.00 bits per heavy atom. The lowest BCUT2D eigenvalue weighted by Crippen LogP contribution is -2.28. The normalized spacial score (nSPS) is 12.2. The van der Waals surface area contributed by atoms with E-state index in [1.807, 2.05) is 18.2 Å². The van der Waals surface area contributed by atoms with Gasteiger partial charge in [-0.15, -0.1) is 0 Å². The van der Waals surface area contributed by atoms with Crippen LogP contribution in [0.2, 0.25) is 0 Å². The Morgan fingerprint density at radius 3 is 2.76 bits per heavy atom. The number of carboxylic acids is 1. The van der Waals surface area contributed by atoms with E-state index in [1.165, 1.54) is 4.90 Å². The second kappa shape index (κ2) is 6.97. The van der Waals surface area contributed by atoms with Crippen molar-refractivity contribution in [3.8, 4) is 11.5 Å². The maximum Gasteiger partial charge on any atom is 0.305 e. The van der Waals surface area contributed by atoms with Crippen LogP contribution in [0, 0.1) is 0 Å². The number of aryl methyl sites for hydroxylation is 1. The van der Waals surface area contributed by atoms with Crippen molar-refractivity contribution in [2.45, 2.75) is 25.7 Å². The molecule has 0 unspecified atom stereocenters. The van der Waals surface area contributed by atoms with E-state index < -0.39 is 5.97 Å². The highest BCUT2D eigenvalue weighted by Gasteiger charge is 2.14. The second-order valence-corrected chi connectivity index (χ2v) is 5.00. The molecule has 1 aromatic carbocycles. The molecule has 0 spiro atoms. The smallest absolute Gasteiger partial charge is 0.305 e. The summed E-state index contributed by atoms with van der Waals surface area (Å²) in [7, 11) is 1.63. The molecular formula is C15H19NO5. The standard InChI is InChI=1S/C15H19NO5/c1-16(8-7-15(18)19)14(17)4-2-3-11-5-6-12-13(9-11)21-10-20-12/h5-6,9H,2-4,7-8,10H2,1H3,(H,18,19). The summed E-state index contributed by atoms with van der Waals surface area (Å²) in [6.45, 7) is 0.504. The van der Waals surface area contributed by atoms with Crippen LogP contribution >= 0.6 is 0 Å². The van der Waals surface area contributed by atoms with E-state index in [-0.39, 0.29) is 25.7 Å². The van der Waals surface area contributed by atoms with E-state index in [4.69, 9.17) is 14.6 Å². The van der Waals surface area contributed by atoms with E-state index >= 15 is 0 Å². The molecule has 0 bridgehead atoms. The molecule has 1 amide bonds. The van der Waals surface area contributed by atoms with Crippen LogP contribution in [0.25, 0.3) is 0 Å². The van der Waals surface area contributed by atoms with E-state index in [1.54, 1.807) is 7.05 Å². The Hall–Kier alpha value is -2.24. The zero-order chi connectivity index (χ0) is 15.2. The third-order valence-corrected chi connectivity index (χ3v) is 3.38. The third-order valence-electron chi connectivity index (χ3n) is 3.38. The summed E-state index contributed by atoms with van der Waals surface area (Å²) in [6.07, 6.45) is 1.88. The van der Waals surface area contributed by atoms with E-state index in [0.717, 1.165) is 29.9 Å². The highest BCUT2D eigenvalue weighted by Crippen LogP contribution is 2.32. The predicted octanol–water partition coefficient (Wildman–Crippen LogP) is 1.67. The molecule has 0 aliphatic carbocycles. The SMILES string of the molecule is CN(CCC(=O)O)C(=O)CCCc1ccc2c(c1)OCO2. The minimum absolute atomic E-state index is 0.0234. The molecule has 0 aromatic heterocycles. The fourth-order valence-corrected chi connectivity index (χ4v) is 2.12. The topological polar surface area (TPSA) is 76.1 Å². The zero-order valence-electron chi connectivity index (χ0n) is 12.0. The average Bonchev–Trinajstić information content (AvgIpc) is 2.92. The number of hydrogen-bond donors (Lipinski definition) is 1. The lowest BCUT2D eigenvalue weighted by atomic mass is 10.1. The van der Waals surface area contributed by atoms with Crippen LogP contribution in [0.5, 0.6) is 11.5 Å². The molecule has 0 radical (unpaired) electrons. The van der Waals surface area contributed by atoms with Crippen LogP contribution in [-0.2, 0) is 16.0 Å². The van der Waals surface area contributed by atoms with Crippen LogP contribution in [0.4, 0.5) is 0 Å². The predicted molar refractivity (Wildman–Crippen MR) is 75.4 cm³/mol. The van der Waals surface area contributed by atoms with Crippen molar-refractivity contribution in [2.75, 3.05) is 20.4 Å². The lowest BCUT2D eigenvalue weighted by Gasteiger charge is -2.15. The number of hydrogen-bond acceptors (Lipinski definition) is 4. The monoisotopic (exact) mass is 293 g/mol. The Labute approximate surface area is 123 Å². The third kappa shape index (κ3) is 4.37. The first kappa shape index (κ1) is 15.2. The zero-order valence-corrected chi connectivity index (χ0v) is 12.0. The maximum absolute atomic E-state index is 11.8. The van der Waals surface area contributed by atoms with Crippen LogP contribution < -0.4 is 9.47 Å². The molecule has 0 fully saturated rings. The fraction of sp³-hybridized carbons (Fsp3) is 0.467. The summed E-state index contributed by atoms with van der Waals surface area (Å²) in [4.78, 5) is 23.7. The molecule has 0 saturated carbocycles. The first-order chi connectivity index (χ1) is 10.1. The molecule has 0 atom stereocenters. The fourth-order valence-electron chi connectivity index (χ4n) is 2.12. The first-order valence-corrected chi connectivity index (χ1v) is 6.90. The molecule has 2 rings (SSSR count). The minimum Gasteiger partial charge on any atom is -0.481 e. The van der Waals surface area contributed by atoms with Crippen LogP contribution in [0.3, 0.4) is 0 Å². The molecule has 114 valence electrons. The van der Waals surface area contributed by atoms with Gasteiger partial charge < -0.3 is 19.5 Å².